The van der Waals surface area contributed by atoms with Crippen molar-refractivity contribution in [3.63, 3.8) is 0 Å². The van der Waals surface area contributed by atoms with Gasteiger partial charge in [-0.2, -0.15) is 0 Å². The second-order valence-corrected chi connectivity index (χ2v) is 11.3. The Morgan fingerprint density at radius 2 is 1.02 bits per heavy atom. The SMILES string of the molecule is [N-]=[N+]=N[C@H]1c2c(ccc3ccc4ccccc4c23)[C@@H](OC(=O)c2ccccc2)[C@H](OC(=O)c2ccccc2)[C@@H]1OC(=O)c1ccccc1. The van der Waals surface area contributed by atoms with Crippen LogP contribution in [0, 0.1) is 0 Å². The van der Waals surface area contributed by atoms with Crippen LogP contribution in [0.25, 0.3) is 32.0 Å². The van der Waals surface area contributed by atoms with Gasteiger partial charge in [0.25, 0.3) is 0 Å². The van der Waals surface area contributed by atoms with Crippen molar-refractivity contribution in [3.8, 4) is 0 Å². The Morgan fingerprint density at radius 1 is 0.542 bits per heavy atom. The lowest BCUT2D eigenvalue weighted by molar-refractivity contribution is -0.103. The number of azide groups is 1. The molecule has 7 rings (SSSR count). The van der Waals surface area contributed by atoms with Crippen molar-refractivity contribution in [3.05, 3.63) is 178 Å². The fourth-order valence-electron chi connectivity index (χ4n) is 6.26. The van der Waals surface area contributed by atoms with Crippen molar-refractivity contribution in [2.45, 2.75) is 24.4 Å². The van der Waals surface area contributed by atoms with Gasteiger partial charge in [0.1, 0.15) is 6.04 Å². The standard InChI is InChI=1S/C39H27N3O6/c40-42-41-33-32-30(23-22-25-21-20-24-12-10-11-19-29(24)31(25)32)34(46-37(43)26-13-4-1-5-14-26)36(48-39(45)28-17-8-3-9-18-28)35(33)47-38(44)27-15-6-2-7-16-27/h1-23,33-36H/t33-,34+,35+,36-/m0/s1. The summed E-state index contributed by atoms with van der Waals surface area (Å²) in [6.07, 6.45) is -4.07. The predicted octanol–water partition coefficient (Wildman–Crippen LogP) is 8.71. The second-order valence-electron chi connectivity index (χ2n) is 11.3. The van der Waals surface area contributed by atoms with Crippen LogP contribution in [-0.2, 0) is 14.2 Å². The molecule has 0 N–H and O–H groups in total. The average molecular weight is 634 g/mol. The highest BCUT2D eigenvalue weighted by atomic mass is 16.6. The molecule has 0 aliphatic heterocycles. The van der Waals surface area contributed by atoms with E-state index in [0.29, 0.717) is 11.1 Å². The monoisotopic (exact) mass is 633 g/mol. The van der Waals surface area contributed by atoms with Gasteiger partial charge in [0, 0.05) is 10.5 Å². The van der Waals surface area contributed by atoms with Crippen molar-refractivity contribution in [2.75, 3.05) is 0 Å². The van der Waals surface area contributed by atoms with Gasteiger partial charge in [-0.05, 0) is 69.0 Å². The number of benzene rings is 6. The van der Waals surface area contributed by atoms with Crippen LogP contribution in [0.15, 0.2) is 145 Å². The first-order valence-corrected chi connectivity index (χ1v) is 15.3. The van der Waals surface area contributed by atoms with Crippen molar-refractivity contribution in [1.82, 2.24) is 0 Å². The van der Waals surface area contributed by atoms with E-state index in [1.807, 2.05) is 42.5 Å². The zero-order valence-electron chi connectivity index (χ0n) is 25.4. The van der Waals surface area contributed by atoms with Gasteiger partial charge in [0.15, 0.2) is 18.3 Å². The third kappa shape index (κ3) is 5.70. The van der Waals surface area contributed by atoms with Crippen molar-refractivity contribution in [2.24, 2.45) is 5.11 Å². The predicted molar refractivity (Wildman–Crippen MR) is 179 cm³/mol. The second kappa shape index (κ2) is 13.1. The summed E-state index contributed by atoms with van der Waals surface area (Å²) in [5.41, 5.74) is 11.6. The van der Waals surface area contributed by atoms with Gasteiger partial charge in [-0.25, -0.2) is 14.4 Å². The van der Waals surface area contributed by atoms with Crippen LogP contribution in [-0.4, -0.2) is 30.1 Å². The molecule has 9 heteroatoms. The normalized spacial score (nSPS) is 18.2. The highest BCUT2D eigenvalue weighted by molar-refractivity contribution is 6.10. The van der Waals surface area contributed by atoms with E-state index in [4.69, 9.17) is 14.2 Å². The molecule has 0 saturated heterocycles. The Bertz CT molecular complexity index is 2200. The number of hydrogen-bond donors (Lipinski definition) is 0. The fourth-order valence-corrected chi connectivity index (χ4v) is 6.26. The Hall–Kier alpha value is -6.44. The molecule has 0 bridgehead atoms. The Morgan fingerprint density at radius 3 is 1.60 bits per heavy atom. The first-order chi connectivity index (χ1) is 23.5. The van der Waals surface area contributed by atoms with E-state index in [9.17, 15) is 19.9 Å². The van der Waals surface area contributed by atoms with Crippen LogP contribution >= 0.6 is 0 Å². The van der Waals surface area contributed by atoms with Gasteiger partial charge in [-0.15, -0.1) is 0 Å². The number of ether oxygens (including phenoxy) is 3. The molecule has 0 amide bonds. The van der Waals surface area contributed by atoms with Gasteiger partial charge in [0.2, 0.25) is 0 Å². The van der Waals surface area contributed by atoms with Crippen molar-refractivity contribution >= 4 is 39.5 Å². The summed E-state index contributed by atoms with van der Waals surface area (Å²) in [6, 6.07) is 39.2. The van der Waals surface area contributed by atoms with Gasteiger partial charge < -0.3 is 14.2 Å². The molecule has 6 aromatic rings. The van der Waals surface area contributed by atoms with E-state index in [-0.39, 0.29) is 16.7 Å². The number of carbonyl (C=O) groups is 3. The number of esters is 3. The number of hydrogen-bond acceptors (Lipinski definition) is 7. The minimum absolute atomic E-state index is 0.231. The lowest BCUT2D eigenvalue weighted by atomic mass is 9.78. The first-order valence-electron chi connectivity index (χ1n) is 15.3. The molecule has 9 nitrogen and oxygen atoms in total. The molecular weight excluding hydrogens is 606 g/mol. The summed E-state index contributed by atoms with van der Waals surface area (Å²) in [5.74, 6) is -2.15. The quantitative estimate of drug-likeness (QED) is 0.0432. The molecule has 0 aromatic heterocycles. The highest BCUT2D eigenvalue weighted by Gasteiger charge is 2.50. The molecule has 0 fully saturated rings. The van der Waals surface area contributed by atoms with E-state index in [0.717, 1.165) is 21.5 Å². The maximum atomic E-state index is 13.7. The Kier molecular flexibility index (Phi) is 8.26. The summed E-state index contributed by atoms with van der Waals surface area (Å²) < 4.78 is 18.5. The van der Waals surface area contributed by atoms with Gasteiger partial charge in [0.05, 0.1) is 16.7 Å². The van der Waals surface area contributed by atoms with Crippen molar-refractivity contribution in [1.29, 1.82) is 0 Å². The smallest absolute Gasteiger partial charge is 0.338 e. The summed E-state index contributed by atoms with van der Waals surface area (Å²) in [4.78, 5) is 44.2. The molecule has 6 aromatic carbocycles. The molecule has 1 aliphatic rings. The summed E-state index contributed by atoms with van der Waals surface area (Å²) in [6.45, 7) is 0. The molecule has 0 spiro atoms. The van der Waals surface area contributed by atoms with Crippen LogP contribution in [0.4, 0.5) is 0 Å². The van der Waals surface area contributed by atoms with E-state index in [1.54, 1.807) is 97.1 Å². The van der Waals surface area contributed by atoms with Gasteiger partial charge >= 0.3 is 17.9 Å². The summed E-state index contributed by atoms with van der Waals surface area (Å²) in [5, 5.41) is 7.52. The van der Waals surface area contributed by atoms with Crippen LogP contribution in [0.2, 0.25) is 0 Å². The maximum Gasteiger partial charge on any atom is 0.338 e. The van der Waals surface area contributed by atoms with Crippen LogP contribution in [0.5, 0.6) is 0 Å². The third-order valence-corrected chi connectivity index (χ3v) is 8.44. The summed E-state index contributed by atoms with van der Waals surface area (Å²) in [7, 11) is 0. The number of fused-ring (bicyclic) bond motifs is 5. The fraction of sp³-hybridized carbons (Fsp3) is 0.103. The van der Waals surface area contributed by atoms with E-state index in [2.05, 4.69) is 10.0 Å². The summed E-state index contributed by atoms with van der Waals surface area (Å²) >= 11 is 0. The average Bonchev–Trinajstić information content (AvgIpc) is 3.14. The molecule has 0 unspecified atom stereocenters. The molecule has 48 heavy (non-hydrogen) atoms. The highest BCUT2D eigenvalue weighted by Crippen LogP contribution is 2.48. The zero-order valence-corrected chi connectivity index (χ0v) is 25.4. The van der Waals surface area contributed by atoms with Crippen LogP contribution in [0.1, 0.15) is 54.3 Å². The van der Waals surface area contributed by atoms with Gasteiger partial charge in [-0.1, -0.05) is 108 Å². The minimum Gasteiger partial charge on any atom is -0.454 e. The molecule has 1 aliphatic carbocycles. The number of carbonyl (C=O) groups excluding carboxylic acids is 3. The lowest BCUT2D eigenvalue weighted by Gasteiger charge is -2.41. The van der Waals surface area contributed by atoms with E-state index < -0.39 is 42.3 Å². The Balaban J connectivity index is 1.47. The minimum atomic E-state index is -1.41. The molecule has 0 saturated carbocycles. The van der Waals surface area contributed by atoms with Crippen LogP contribution < -0.4 is 0 Å². The zero-order chi connectivity index (χ0) is 33.0. The largest absolute Gasteiger partial charge is 0.454 e. The van der Waals surface area contributed by atoms with Crippen LogP contribution in [0.3, 0.4) is 0 Å². The van der Waals surface area contributed by atoms with Gasteiger partial charge in [-0.3, -0.25) is 0 Å². The number of rotatable bonds is 7. The molecule has 0 radical (unpaired) electrons. The molecule has 234 valence electrons. The first kappa shape index (κ1) is 30.2. The molecular formula is C39H27N3O6. The number of nitrogens with zero attached hydrogens (tertiary/aromatic N) is 3. The molecule has 0 heterocycles. The van der Waals surface area contributed by atoms with Crippen molar-refractivity contribution < 1.29 is 28.6 Å². The topological polar surface area (TPSA) is 128 Å². The Labute approximate surface area is 274 Å². The van der Waals surface area contributed by atoms with E-state index in [1.165, 1.54) is 0 Å². The molecule has 4 atom stereocenters. The lowest BCUT2D eigenvalue weighted by Crippen LogP contribution is -2.48. The maximum absolute atomic E-state index is 13.7. The van der Waals surface area contributed by atoms with E-state index >= 15 is 0 Å². The third-order valence-electron chi connectivity index (χ3n) is 8.44.